The highest BCUT2D eigenvalue weighted by atomic mass is 32.1. The number of nitrogens with zero attached hydrogens (tertiary/aromatic N) is 3. The minimum Gasteiger partial charge on any atom is -0.493 e. The molecule has 1 atom stereocenters. The number of thiazole rings is 1. The third-order valence-corrected chi connectivity index (χ3v) is 6.53. The van der Waals surface area contributed by atoms with E-state index in [1.165, 1.54) is 40.9 Å². The molecule has 0 radical (unpaired) electrons. The minimum atomic E-state index is 0.104. The number of fused-ring (bicyclic) bond motifs is 1. The van der Waals surface area contributed by atoms with E-state index in [0.29, 0.717) is 12.6 Å². The Bertz CT molecular complexity index is 817. The Morgan fingerprint density at radius 1 is 1.26 bits per heavy atom. The van der Waals surface area contributed by atoms with Gasteiger partial charge in [-0.15, -0.1) is 11.3 Å². The molecule has 144 valence electrons. The fourth-order valence-electron chi connectivity index (χ4n) is 3.81. The number of anilines is 1. The van der Waals surface area contributed by atoms with Crippen LogP contribution >= 0.6 is 11.3 Å². The average molecular weight is 386 g/mol. The molecule has 1 saturated carbocycles. The number of aromatic nitrogens is 1. The molecule has 1 aliphatic carbocycles. The van der Waals surface area contributed by atoms with Gasteiger partial charge in [0.25, 0.3) is 0 Å². The van der Waals surface area contributed by atoms with Gasteiger partial charge in [-0.3, -0.25) is 14.6 Å². The van der Waals surface area contributed by atoms with Gasteiger partial charge in [0, 0.05) is 36.3 Å². The van der Waals surface area contributed by atoms with Crippen molar-refractivity contribution in [1.29, 1.82) is 0 Å². The van der Waals surface area contributed by atoms with E-state index in [-0.39, 0.29) is 11.9 Å². The predicted molar refractivity (Wildman–Crippen MR) is 109 cm³/mol. The predicted octanol–water partition coefficient (Wildman–Crippen LogP) is 4.10. The van der Waals surface area contributed by atoms with Crippen LogP contribution in [0.15, 0.2) is 23.7 Å². The second kappa shape index (κ2) is 7.60. The first kappa shape index (κ1) is 18.4. The molecule has 2 heterocycles. The van der Waals surface area contributed by atoms with Crippen molar-refractivity contribution >= 4 is 22.4 Å². The SMILES string of the molecule is Cc1cc2c(cc1C)[C@H](N(CC(=O)N(C)c1nccs1)C1CC1)CCCO2. The summed E-state index contributed by atoms with van der Waals surface area (Å²) in [6.45, 7) is 5.46. The van der Waals surface area contributed by atoms with Crippen molar-refractivity contribution in [2.45, 2.75) is 51.6 Å². The summed E-state index contributed by atoms with van der Waals surface area (Å²) in [6, 6.07) is 5.17. The lowest BCUT2D eigenvalue weighted by Gasteiger charge is -2.32. The molecule has 0 N–H and O–H groups in total. The minimum absolute atomic E-state index is 0.104. The Labute approximate surface area is 165 Å². The van der Waals surface area contributed by atoms with Crippen LogP contribution in [-0.2, 0) is 4.79 Å². The van der Waals surface area contributed by atoms with Crippen molar-refractivity contribution in [1.82, 2.24) is 9.88 Å². The van der Waals surface area contributed by atoms with Crippen LogP contribution in [0.2, 0.25) is 0 Å². The van der Waals surface area contributed by atoms with Crippen molar-refractivity contribution in [2.75, 3.05) is 25.1 Å². The third kappa shape index (κ3) is 3.87. The number of rotatable bonds is 5. The van der Waals surface area contributed by atoms with Gasteiger partial charge in [0.15, 0.2) is 5.13 Å². The van der Waals surface area contributed by atoms with Gasteiger partial charge in [-0.1, -0.05) is 6.07 Å². The van der Waals surface area contributed by atoms with Crippen LogP contribution in [0, 0.1) is 13.8 Å². The van der Waals surface area contributed by atoms with E-state index in [4.69, 9.17) is 4.74 Å². The molecule has 0 unspecified atom stereocenters. The molecule has 6 heteroatoms. The molecule has 1 fully saturated rings. The Balaban J connectivity index is 1.61. The number of ether oxygens (including phenoxy) is 1. The largest absolute Gasteiger partial charge is 0.493 e. The maximum absolute atomic E-state index is 13.0. The molecule has 2 aromatic rings. The van der Waals surface area contributed by atoms with Crippen molar-refractivity contribution < 1.29 is 9.53 Å². The Morgan fingerprint density at radius 2 is 2.04 bits per heavy atom. The summed E-state index contributed by atoms with van der Waals surface area (Å²) in [5, 5.41) is 2.66. The summed E-state index contributed by atoms with van der Waals surface area (Å²) in [7, 11) is 1.82. The molecule has 0 bridgehead atoms. The van der Waals surface area contributed by atoms with E-state index in [9.17, 15) is 4.79 Å². The van der Waals surface area contributed by atoms with Gasteiger partial charge in [0.05, 0.1) is 13.2 Å². The summed E-state index contributed by atoms with van der Waals surface area (Å²) in [4.78, 5) is 21.3. The molecule has 4 rings (SSSR count). The van der Waals surface area contributed by atoms with Crippen LogP contribution in [0.3, 0.4) is 0 Å². The van der Waals surface area contributed by atoms with Crippen molar-refractivity contribution in [3.8, 4) is 5.75 Å². The first-order valence-corrected chi connectivity index (χ1v) is 10.6. The first-order chi connectivity index (χ1) is 13.0. The molecule has 2 aliphatic rings. The topological polar surface area (TPSA) is 45.7 Å². The number of hydrogen-bond donors (Lipinski definition) is 0. The molecular formula is C21H27N3O2S. The van der Waals surface area contributed by atoms with Gasteiger partial charge in [-0.05, 0) is 56.7 Å². The summed E-state index contributed by atoms with van der Waals surface area (Å²) in [6.07, 6.45) is 6.13. The van der Waals surface area contributed by atoms with Crippen LogP contribution < -0.4 is 9.64 Å². The van der Waals surface area contributed by atoms with Gasteiger partial charge in [0.1, 0.15) is 5.75 Å². The van der Waals surface area contributed by atoms with E-state index in [1.54, 1.807) is 11.1 Å². The monoisotopic (exact) mass is 385 g/mol. The van der Waals surface area contributed by atoms with Crippen LogP contribution in [-0.4, -0.2) is 42.0 Å². The molecule has 5 nitrogen and oxygen atoms in total. The average Bonchev–Trinajstić information content (AvgIpc) is 3.39. The summed E-state index contributed by atoms with van der Waals surface area (Å²) in [5.74, 6) is 1.10. The van der Waals surface area contributed by atoms with Crippen LogP contribution in [0.1, 0.15) is 48.4 Å². The van der Waals surface area contributed by atoms with Gasteiger partial charge >= 0.3 is 0 Å². The van der Waals surface area contributed by atoms with Crippen LogP contribution in [0.25, 0.3) is 0 Å². The van der Waals surface area contributed by atoms with Crippen molar-refractivity contribution in [2.24, 2.45) is 0 Å². The number of benzene rings is 1. The van der Waals surface area contributed by atoms with Gasteiger partial charge < -0.3 is 4.74 Å². The van der Waals surface area contributed by atoms with Crippen molar-refractivity contribution in [3.05, 3.63) is 40.4 Å². The molecular weight excluding hydrogens is 358 g/mol. The number of aryl methyl sites for hydroxylation is 2. The fraction of sp³-hybridized carbons (Fsp3) is 0.524. The zero-order valence-electron chi connectivity index (χ0n) is 16.3. The first-order valence-electron chi connectivity index (χ1n) is 9.70. The van der Waals surface area contributed by atoms with Crippen molar-refractivity contribution in [3.63, 3.8) is 0 Å². The number of carbonyl (C=O) groups is 1. The van der Waals surface area contributed by atoms with E-state index >= 15 is 0 Å². The number of hydrogen-bond acceptors (Lipinski definition) is 5. The molecule has 1 amide bonds. The van der Waals surface area contributed by atoms with Gasteiger partial charge in [0.2, 0.25) is 5.91 Å². The summed E-state index contributed by atoms with van der Waals surface area (Å²) < 4.78 is 6.05. The van der Waals surface area contributed by atoms with Gasteiger partial charge in [-0.25, -0.2) is 4.98 Å². The smallest absolute Gasteiger partial charge is 0.242 e. The lowest BCUT2D eigenvalue weighted by atomic mass is 9.96. The van der Waals surface area contributed by atoms with Crippen LogP contribution in [0.4, 0.5) is 5.13 Å². The van der Waals surface area contributed by atoms with Crippen LogP contribution in [0.5, 0.6) is 5.75 Å². The standard InChI is InChI=1S/C21H27N3O2S/c1-14-11-17-18(5-4-9-26-19(17)12-15(14)2)24(16-6-7-16)13-20(25)23(3)21-22-8-10-27-21/h8,10-12,16,18H,4-7,9,13H2,1-3H3/t18-/m1/s1. The van der Waals surface area contributed by atoms with E-state index in [0.717, 1.165) is 30.3 Å². The highest BCUT2D eigenvalue weighted by Crippen LogP contribution is 2.42. The lowest BCUT2D eigenvalue weighted by molar-refractivity contribution is -0.120. The number of likely N-dealkylation sites (N-methyl/N-ethyl adjacent to an activating group) is 1. The summed E-state index contributed by atoms with van der Waals surface area (Å²) in [5.41, 5.74) is 3.78. The highest BCUT2D eigenvalue weighted by Gasteiger charge is 2.38. The maximum Gasteiger partial charge on any atom is 0.242 e. The van der Waals surface area contributed by atoms with Gasteiger partial charge in [-0.2, -0.15) is 0 Å². The molecule has 1 aromatic heterocycles. The Kier molecular flexibility index (Phi) is 5.19. The van der Waals surface area contributed by atoms with E-state index in [1.807, 2.05) is 12.4 Å². The normalized spacial score (nSPS) is 19.3. The highest BCUT2D eigenvalue weighted by molar-refractivity contribution is 7.13. The molecule has 1 aromatic carbocycles. The second-order valence-electron chi connectivity index (χ2n) is 7.65. The summed E-state index contributed by atoms with van der Waals surface area (Å²) >= 11 is 1.50. The second-order valence-corrected chi connectivity index (χ2v) is 8.52. The number of carbonyl (C=O) groups excluding carboxylic acids is 1. The van der Waals surface area contributed by atoms with E-state index < -0.39 is 0 Å². The molecule has 0 spiro atoms. The van der Waals surface area contributed by atoms with E-state index in [2.05, 4.69) is 35.9 Å². The quantitative estimate of drug-likeness (QED) is 0.777. The Morgan fingerprint density at radius 3 is 2.74 bits per heavy atom. The zero-order chi connectivity index (χ0) is 19.0. The fourth-order valence-corrected chi connectivity index (χ4v) is 4.43. The zero-order valence-corrected chi connectivity index (χ0v) is 17.1. The Hall–Kier alpha value is -1.92. The number of amides is 1. The molecule has 1 aliphatic heterocycles. The molecule has 27 heavy (non-hydrogen) atoms. The maximum atomic E-state index is 13.0. The third-order valence-electron chi connectivity index (χ3n) is 5.68. The molecule has 0 saturated heterocycles. The lowest BCUT2D eigenvalue weighted by Crippen LogP contribution is -2.41.